The molecule has 4 heteroatoms. The van der Waals surface area contributed by atoms with Crippen LogP contribution in [0, 0.1) is 13.8 Å². The molecule has 4 nitrogen and oxygen atoms in total. The Balaban J connectivity index is 0.000000180. The van der Waals surface area contributed by atoms with Gasteiger partial charge in [-0.25, -0.2) is 0 Å². The Hall–Kier alpha value is -2.36. The lowest BCUT2D eigenvalue weighted by Gasteiger charge is -1.97. The summed E-state index contributed by atoms with van der Waals surface area (Å²) in [5, 5.41) is 35.5. The summed E-state index contributed by atoms with van der Waals surface area (Å²) in [4.78, 5) is 0. The van der Waals surface area contributed by atoms with Crippen LogP contribution in [-0.4, -0.2) is 20.4 Å². The standard InChI is InChI=1S/2C7H8O2/c1-5-2-3-6(8)7(9)4-5;1-5-3-2-4-6(8)7(5)9/h2*2-4,8-9H,1H3. The first-order valence-electron chi connectivity index (χ1n) is 5.38. The van der Waals surface area contributed by atoms with Gasteiger partial charge in [-0.1, -0.05) is 18.2 Å². The second-order valence-electron chi connectivity index (χ2n) is 3.93. The molecule has 0 aliphatic carbocycles. The zero-order chi connectivity index (χ0) is 13.7. The van der Waals surface area contributed by atoms with Crippen LogP contribution in [0.2, 0.25) is 0 Å². The number of phenols is 4. The van der Waals surface area contributed by atoms with E-state index >= 15 is 0 Å². The van der Waals surface area contributed by atoms with Crippen LogP contribution in [0.5, 0.6) is 23.0 Å². The third-order valence-electron chi connectivity index (χ3n) is 2.35. The number of rotatable bonds is 0. The summed E-state index contributed by atoms with van der Waals surface area (Å²) < 4.78 is 0. The van der Waals surface area contributed by atoms with Gasteiger partial charge in [0.2, 0.25) is 0 Å². The average molecular weight is 248 g/mol. The maximum atomic E-state index is 8.96. The van der Waals surface area contributed by atoms with Crippen LogP contribution in [0.25, 0.3) is 0 Å². The molecule has 0 heterocycles. The molecule has 4 N–H and O–H groups in total. The molecule has 18 heavy (non-hydrogen) atoms. The van der Waals surface area contributed by atoms with E-state index in [1.165, 1.54) is 18.2 Å². The second kappa shape index (κ2) is 5.82. The molecule has 0 aliphatic heterocycles. The molecular formula is C14H16O4. The summed E-state index contributed by atoms with van der Waals surface area (Å²) in [5.41, 5.74) is 1.63. The molecule has 2 aromatic rings. The molecule has 0 bridgehead atoms. The molecule has 0 unspecified atom stereocenters. The number of aryl methyl sites for hydroxylation is 2. The average Bonchev–Trinajstić information content (AvgIpc) is 2.32. The lowest BCUT2D eigenvalue weighted by molar-refractivity contribution is 0.401. The highest BCUT2D eigenvalue weighted by Gasteiger charge is 1.98. The molecule has 0 atom stereocenters. The molecule has 0 spiro atoms. The molecule has 0 radical (unpaired) electrons. The number of aromatic hydroxyl groups is 4. The Morgan fingerprint density at radius 3 is 1.83 bits per heavy atom. The summed E-state index contributed by atoms with van der Waals surface area (Å²) >= 11 is 0. The fourth-order valence-corrected chi connectivity index (χ4v) is 1.28. The third kappa shape index (κ3) is 3.59. The smallest absolute Gasteiger partial charge is 0.160 e. The van der Waals surface area contributed by atoms with E-state index in [4.69, 9.17) is 20.4 Å². The van der Waals surface area contributed by atoms with E-state index in [2.05, 4.69) is 0 Å². The van der Waals surface area contributed by atoms with Gasteiger partial charge >= 0.3 is 0 Å². The van der Waals surface area contributed by atoms with Crippen molar-refractivity contribution in [2.75, 3.05) is 0 Å². The molecule has 0 fully saturated rings. The number of phenolic OH excluding ortho intramolecular Hbond substituents is 4. The van der Waals surface area contributed by atoms with Crippen LogP contribution >= 0.6 is 0 Å². The Morgan fingerprint density at radius 1 is 0.722 bits per heavy atom. The molecule has 0 amide bonds. The molecular weight excluding hydrogens is 232 g/mol. The van der Waals surface area contributed by atoms with E-state index in [1.54, 1.807) is 25.1 Å². The lowest BCUT2D eigenvalue weighted by Crippen LogP contribution is -1.72. The third-order valence-corrected chi connectivity index (χ3v) is 2.35. The highest BCUT2D eigenvalue weighted by Crippen LogP contribution is 2.26. The first-order chi connectivity index (χ1) is 8.41. The van der Waals surface area contributed by atoms with Crippen molar-refractivity contribution in [2.45, 2.75) is 13.8 Å². The topological polar surface area (TPSA) is 80.9 Å². The van der Waals surface area contributed by atoms with Gasteiger partial charge in [0.1, 0.15) is 0 Å². The molecule has 96 valence electrons. The summed E-state index contributed by atoms with van der Waals surface area (Å²) in [6, 6.07) is 9.57. The molecule has 0 saturated carbocycles. The normalized spacial score (nSPS) is 9.44. The van der Waals surface area contributed by atoms with Crippen LogP contribution in [0.15, 0.2) is 36.4 Å². The van der Waals surface area contributed by atoms with E-state index in [0.29, 0.717) is 5.56 Å². The summed E-state index contributed by atoms with van der Waals surface area (Å²) in [6.07, 6.45) is 0. The first-order valence-corrected chi connectivity index (χ1v) is 5.38. The zero-order valence-corrected chi connectivity index (χ0v) is 10.3. The number of hydrogen-bond donors (Lipinski definition) is 4. The minimum atomic E-state index is -0.0689. The van der Waals surface area contributed by atoms with Crippen LogP contribution in [-0.2, 0) is 0 Å². The van der Waals surface area contributed by atoms with Crippen molar-refractivity contribution in [3.05, 3.63) is 47.5 Å². The van der Waals surface area contributed by atoms with Crippen LogP contribution in [0.3, 0.4) is 0 Å². The highest BCUT2D eigenvalue weighted by molar-refractivity contribution is 5.43. The van der Waals surface area contributed by atoms with Crippen molar-refractivity contribution < 1.29 is 20.4 Å². The summed E-state index contributed by atoms with van der Waals surface area (Å²) in [7, 11) is 0. The Morgan fingerprint density at radius 2 is 1.39 bits per heavy atom. The maximum Gasteiger partial charge on any atom is 0.160 e. The number of para-hydroxylation sites is 1. The minimum Gasteiger partial charge on any atom is -0.504 e. The van der Waals surface area contributed by atoms with E-state index in [9.17, 15) is 0 Å². The fourth-order valence-electron chi connectivity index (χ4n) is 1.28. The van der Waals surface area contributed by atoms with Crippen molar-refractivity contribution in [3.8, 4) is 23.0 Å². The van der Waals surface area contributed by atoms with Gasteiger partial charge in [0, 0.05) is 0 Å². The van der Waals surface area contributed by atoms with Crippen molar-refractivity contribution in [3.63, 3.8) is 0 Å². The second-order valence-corrected chi connectivity index (χ2v) is 3.93. The van der Waals surface area contributed by atoms with Crippen molar-refractivity contribution >= 4 is 0 Å². The molecule has 0 aromatic heterocycles. The zero-order valence-electron chi connectivity index (χ0n) is 10.3. The monoisotopic (exact) mass is 248 g/mol. The minimum absolute atomic E-state index is 0.0301. The van der Waals surface area contributed by atoms with Gasteiger partial charge in [0.25, 0.3) is 0 Å². The molecule has 0 saturated heterocycles. The predicted molar refractivity (Wildman–Crippen MR) is 69.0 cm³/mol. The largest absolute Gasteiger partial charge is 0.504 e. The summed E-state index contributed by atoms with van der Waals surface area (Å²) in [5.74, 6) is -0.219. The van der Waals surface area contributed by atoms with Crippen LogP contribution < -0.4 is 0 Å². The quantitative estimate of drug-likeness (QED) is 0.540. The maximum absolute atomic E-state index is 8.96. The predicted octanol–water partition coefficient (Wildman–Crippen LogP) is 2.81. The van der Waals surface area contributed by atoms with Crippen molar-refractivity contribution in [1.29, 1.82) is 0 Å². The van der Waals surface area contributed by atoms with Crippen LogP contribution in [0.1, 0.15) is 11.1 Å². The van der Waals surface area contributed by atoms with Crippen LogP contribution in [0.4, 0.5) is 0 Å². The van der Waals surface area contributed by atoms with Crippen molar-refractivity contribution in [1.82, 2.24) is 0 Å². The SMILES string of the molecule is Cc1ccc(O)c(O)c1.Cc1cccc(O)c1O. The summed E-state index contributed by atoms with van der Waals surface area (Å²) in [6.45, 7) is 3.58. The van der Waals surface area contributed by atoms with Gasteiger partial charge in [-0.3, -0.25) is 0 Å². The van der Waals surface area contributed by atoms with E-state index < -0.39 is 0 Å². The molecule has 0 aliphatic rings. The Bertz CT molecular complexity index is 515. The van der Waals surface area contributed by atoms with Gasteiger partial charge in [-0.15, -0.1) is 0 Å². The van der Waals surface area contributed by atoms with E-state index in [1.807, 2.05) is 6.92 Å². The van der Waals surface area contributed by atoms with Gasteiger partial charge in [0.05, 0.1) is 0 Å². The first kappa shape index (κ1) is 13.7. The Kier molecular flexibility index (Phi) is 4.43. The highest BCUT2D eigenvalue weighted by atomic mass is 16.3. The van der Waals surface area contributed by atoms with E-state index in [0.717, 1.165) is 5.56 Å². The Labute approximate surface area is 105 Å². The number of benzene rings is 2. The molecule has 2 rings (SSSR count). The van der Waals surface area contributed by atoms with E-state index in [-0.39, 0.29) is 23.0 Å². The lowest BCUT2D eigenvalue weighted by atomic mass is 10.2. The van der Waals surface area contributed by atoms with Gasteiger partial charge in [-0.2, -0.15) is 0 Å². The van der Waals surface area contributed by atoms with Crippen molar-refractivity contribution in [2.24, 2.45) is 0 Å². The fraction of sp³-hybridized carbons (Fsp3) is 0.143. The van der Waals surface area contributed by atoms with Gasteiger partial charge < -0.3 is 20.4 Å². The van der Waals surface area contributed by atoms with Gasteiger partial charge in [-0.05, 0) is 43.2 Å². The number of hydrogen-bond acceptors (Lipinski definition) is 4. The van der Waals surface area contributed by atoms with Gasteiger partial charge in [0.15, 0.2) is 23.0 Å². The molecule has 2 aromatic carbocycles.